The van der Waals surface area contributed by atoms with Gasteiger partial charge in [0, 0.05) is 14.1 Å². The fraction of sp³-hybridized carbons (Fsp3) is 0.389. The molecule has 0 spiro atoms. The van der Waals surface area contributed by atoms with Crippen LogP contribution in [0, 0.1) is 6.92 Å². The van der Waals surface area contributed by atoms with Crippen molar-refractivity contribution in [2.45, 2.75) is 33.2 Å². The summed E-state index contributed by atoms with van der Waals surface area (Å²) in [7, 11) is 4.07. The lowest BCUT2D eigenvalue weighted by molar-refractivity contribution is 0.373. The van der Waals surface area contributed by atoms with Gasteiger partial charge in [-0.25, -0.2) is 0 Å². The highest BCUT2D eigenvalue weighted by Crippen LogP contribution is 2.32. The number of nitrogens with zero attached hydrogens (tertiary/aromatic N) is 2. The van der Waals surface area contributed by atoms with Crippen molar-refractivity contribution in [2.24, 2.45) is 0 Å². The lowest BCUT2D eigenvalue weighted by Crippen LogP contribution is -2.29. The number of hydrogen-bond acceptors (Lipinski definition) is 2. The Morgan fingerprint density at radius 3 is 2.33 bits per heavy atom. The van der Waals surface area contributed by atoms with Gasteiger partial charge in [0.2, 0.25) is 0 Å². The number of aryl methyl sites for hydroxylation is 1. The van der Waals surface area contributed by atoms with E-state index in [2.05, 4.69) is 63.6 Å². The Morgan fingerprint density at radius 1 is 1.24 bits per heavy atom. The Labute approximate surface area is 133 Å². The standard InChI is InChI=1S/C18H24N2S/c1-12(2)16(15-10-8-7-9-13(15)3)11-17-18(21)20(6)14(4)19(17)5/h7-10,17H,4,11H2,1-3,5-6H3. The molecule has 1 aromatic carbocycles. The molecular formula is C18H24N2S. The molecule has 0 amide bonds. The first-order valence-electron chi connectivity index (χ1n) is 7.26. The van der Waals surface area contributed by atoms with Crippen LogP contribution in [0.15, 0.2) is 42.2 Å². The number of likely N-dealkylation sites (N-methyl/N-ethyl adjacent to an activating group) is 2. The molecule has 1 unspecified atom stereocenters. The minimum absolute atomic E-state index is 0.210. The first-order chi connectivity index (χ1) is 9.84. The van der Waals surface area contributed by atoms with Crippen LogP contribution in [0.25, 0.3) is 5.57 Å². The van der Waals surface area contributed by atoms with Crippen LogP contribution in [0.2, 0.25) is 0 Å². The van der Waals surface area contributed by atoms with E-state index < -0.39 is 0 Å². The smallest absolute Gasteiger partial charge is 0.106 e. The zero-order chi connectivity index (χ0) is 15.7. The monoisotopic (exact) mass is 300 g/mol. The predicted molar refractivity (Wildman–Crippen MR) is 95.1 cm³/mol. The molecule has 1 aliphatic rings. The van der Waals surface area contributed by atoms with Gasteiger partial charge in [-0.3, -0.25) is 0 Å². The average Bonchev–Trinajstić information content (AvgIpc) is 2.62. The zero-order valence-electron chi connectivity index (χ0n) is 13.6. The van der Waals surface area contributed by atoms with Crippen LogP contribution in [0.3, 0.4) is 0 Å². The third kappa shape index (κ3) is 2.88. The number of hydrogen-bond donors (Lipinski definition) is 0. The van der Waals surface area contributed by atoms with E-state index in [4.69, 9.17) is 12.2 Å². The topological polar surface area (TPSA) is 6.48 Å². The highest BCUT2D eigenvalue weighted by atomic mass is 32.1. The van der Waals surface area contributed by atoms with E-state index >= 15 is 0 Å². The first kappa shape index (κ1) is 15.8. The summed E-state index contributed by atoms with van der Waals surface area (Å²) in [4.78, 5) is 5.15. The fourth-order valence-corrected chi connectivity index (χ4v) is 3.19. The number of rotatable bonds is 3. The van der Waals surface area contributed by atoms with Crippen LogP contribution < -0.4 is 0 Å². The van der Waals surface area contributed by atoms with E-state index in [1.54, 1.807) is 0 Å². The summed E-state index contributed by atoms with van der Waals surface area (Å²) in [6.07, 6.45) is 0.922. The molecule has 1 fully saturated rings. The largest absolute Gasteiger partial charge is 0.352 e. The van der Waals surface area contributed by atoms with Gasteiger partial charge in [0.05, 0.1) is 6.04 Å². The van der Waals surface area contributed by atoms with Crippen molar-refractivity contribution in [3.05, 3.63) is 53.4 Å². The van der Waals surface area contributed by atoms with Crippen LogP contribution in [0.1, 0.15) is 31.4 Å². The summed E-state index contributed by atoms with van der Waals surface area (Å²) < 4.78 is 0. The fourth-order valence-electron chi connectivity index (χ4n) is 2.85. The number of thiocarbonyl (C=S) groups is 1. The Hall–Kier alpha value is -1.61. The van der Waals surface area contributed by atoms with Crippen LogP contribution in [-0.2, 0) is 0 Å². The Balaban J connectivity index is 2.36. The maximum Gasteiger partial charge on any atom is 0.106 e. The van der Waals surface area contributed by atoms with Crippen LogP contribution in [0.5, 0.6) is 0 Å². The van der Waals surface area contributed by atoms with Gasteiger partial charge in [-0.15, -0.1) is 0 Å². The van der Waals surface area contributed by atoms with Gasteiger partial charge >= 0.3 is 0 Å². The molecule has 0 aromatic heterocycles. The van der Waals surface area contributed by atoms with Crippen molar-refractivity contribution in [1.29, 1.82) is 0 Å². The van der Waals surface area contributed by atoms with Crippen LogP contribution in [-0.4, -0.2) is 34.9 Å². The van der Waals surface area contributed by atoms with Gasteiger partial charge in [0.25, 0.3) is 0 Å². The van der Waals surface area contributed by atoms with Gasteiger partial charge < -0.3 is 9.80 Å². The Kier molecular flexibility index (Phi) is 4.52. The van der Waals surface area contributed by atoms with Gasteiger partial charge in [-0.1, -0.05) is 48.6 Å². The molecule has 2 nitrogen and oxygen atoms in total. The van der Waals surface area contributed by atoms with E-state index in [1.807, 2.05) is 11.9 Å². The van der Waals surface area contributed by atoms with Gasteiger partial charge in [-0.2, -0.15) is 0 Å². The molecule has 1 saturated heterocycles. The van der Waals surface area contributed by atoms with Crippen molar-refractivity contribution in [3.8, 4) is 0 Å². The predicted octanol–water partition coefficient (Wildman–Crippen LogP) is 4.22. The third-order valence-corrected chi connectivity index (χ3v) is 4.89. The zero-order valence-corrected chi connectivity index (χ0v) is 14.4. The SMILES string of the molecule is C=C1N(C)C(=S)C(CC(=C(C)C)c2ccccc2C)N1C. The second kappa shape index (κ2) is 6.02. The summed E-state index contributed by atoms with van der Waals surface area (Å²) >= 11 is 5.61. The van der Waals surface area contributed by atoms with Gasteiger partial charge in [-0.05, 0) is 43.9 Å². The molecule has 112 valence electrons. The van der Waals surface area contributed by atoms with Crippen molar-refractivity contribution < 1.29 is 0 Å². The molecule has 2 rings (SSSR count). The van der Waals surface area contributed by atoms with Crippen LogP contribution in [0.4, 0.5) is 0 Å². The summed E-state index contributed by atoms with van der Waals surface area (Å²) in [5.41, 5.74) is 5.37. The summed E-state index contributed by atoms with van der Waals surface area (Å²) in [6, 6.07) is 8.77. The molecular weight excluding hydrogens is 276 g/mol. The van der Waals surface area contributed by atoms with Crippen LogP contribution >= 0.6 is 12.2 Å². The summed E-state index contributed by atoms with van der Waals surface area (Å²) in [5.74, 6) is 0.975. The minimum atomic E-state index is 0.210. The maximum atomic E-state index is 5.61. The third-order valence-electron chi connectivity index (χ3n) is 4.35. The molecule has 21 heavy (non-hydrogen) atoms. The van der Waals surface area contributed by atoms with Crippen molar-refractivity contribution in [3.63, 3.8) is 0 Å². The normalized spacial score (nSPS) is 18.4. The average molecular weight is 300 g/mol. The lowest BCUT2D eigenvalue weighted by Gasteiger charge is -2.23. The highest BCUT2D eigenvalue weighted by Gasteiger charge is 2.34. The van der Waals surface area contributed by atoms with Gasteiger partial charge in [0.1, 0.15) is 10.8 Å². The van der Waals surface area contributed by atoms with E-state index in [9.17, 15) is 0 Å². The van der Waals surface area contributed by atoms with E-state index in [0.29, 0.717) is 0 Å². The van der Waals surface area contributed by atoms with Crippen molar-refractivity contribution in [2.75, 3.05) is 14.1 Å². The van der Waals surface area contributed by atoms with Gasteiger partial charge in [0.15, 0.2) is 0 Å². The molecule has 3 heteroatoms. The van der Waals surface area contributed by atoms with E-state index in [-0.39, 0.29) is 6.04 Å². The summed E-state index contributed by atoms with van der Waals surface area (Å²) in [6.45, 7) is 10.6. The minimum Gasteiger partial charge on any atom is -0.352 e. The molecule has 1 aromatic rings. The van der Waals surface area contributed by atoms with E-state index in [0.717, 1.165) is 17.2 Å². The molecule has 1 aliphatic heterocycles. The highest BCUT2D eigenvalue weighted by molar-refractivity contribution is 7.80. The molecule has 0 bridgehead atoms. The second-order valence-electron chi connectivity index (χ2n) is 5.94. The molecule has 0 saturated carbocycles. The number of allylic oxidation sites excluding steroid dienone is 1. The number of benzene rings is 1. The summed E-state index contributed by atoms with van der Waals surface area (Å²) in [5, 5.41) is 0. The Morgan fingerprint density at radius 2 is 1.86 bits per heavy atom. The molecule has 1 atom stereocenters. The maximum absolute atomic E-state index is 5.61. The lowest BCUT2D eigenvalue weighted by atomic mass is 9.91. The molecule has 0 N–H and O–H groups in total. The molecule has 0 aliphatic carbocycles. The van der Waals surface area contributed by atoms with Crippen molar-refractivity contribution in [1.82, 2.24) is 9.80 Å². The second-order valence-corrected chi connectivity index (χ2v) is 6.36. The quantitative estimate of drug-likeness (QED) is 0.772. The first-order valence-corrected chi connectivity index (χ1v) is 7.67. The molecule has 1 heterocycles. The molecule has 0 radical (unpaired) electrons. The van der Waals surface area contributed by atoms with Crippen molar-refractivity contribution >= 4 is 22.8 Å². The Bertz CT molecular complexity index is 611. The van der Waals surface area contributed by atoms with E-state index in [1.165, 1.54) is 22.3 Å².